The van der Waals surface area contributed by atoms with Gasteiger partial charge in [-0.25, -0.2) is 14.4 Å². The van der Waals surface area contributed by atoms with Crippen molar-refractivity contribution in [2.24, 2.45) is 10.9 Å². The fourth-order valence-electron chi connectivity index (χ4n) is 4.08. The molecule has 1 fully saturated rings. The van der Waals surface area contributed by atoms with Gasteiger partial charge in [-0.2, -0.15) is 0 Å². The summed E-state index contributed by atoms with van der Waals surface area (Å²) in [5.41, 5.74) is 2.42. The molecule has 0 aromatic heterocycles. The molecule has 0 spiro atoms. The number of β-lactam (4-membered cyclic amide) rings is 1. The van der Waals surface area contributed by atoms with Crippen LogP contribution in [0.25, 0.3) is 0 Å². The first kappa shape index (κ1) is 32.3. The van der Waals surface area contributed by atoms with Crippen LogP contribution in [0.2, 0.25) is 0 Å². The van der Waals surface area contributed by atoms with E-state index >= 15 is 0 Å². The van der Waals surface area contributed by atoms with E-state index in [0.29, 0.717) is 12.8 Å². The Hall–Kier alpha value is -5.19. The number of alkyl carbamates (subject to hydrolysis) is 2. The van der Waals surface area contributed by atoms with Gasteiger partial charge in [-0.05, 0) is 29.5 Å². The number of esters is 1. The SMILES string of the molecule is C.O=C(NC(=NCCC[C@H]1C(=O)NC1C(=O)OCc1ccccc1)NC(=O)OCc1ccccc1)OCc1ccccc1. The predicted octanol–water partition coefficient (Wildman–Crippen LogP) is 4.47. The fraction of sp³-hybridized carbons (Fsp3) is 0.281. The zero-order valence-corrected chi connectivity index (χ0v) is 22.9. The molecule has 3 aromatic rings. The summed E-state index contributed by atoms with van der Waals surface area (Å²) in [6.07, 6.45) is -0.892. The Morgan fingerprint density at radius 1 is 0.698 bits per heavy atom. The van der Waals surface area contributed by atoms with E-state index in [1.165, 1.54) is 0 Å². The maximum atomic E-state index is 12.5. The molecule has 226 valence electrons. The second-order valence-electron chi connectivity index (χ2n) is 9.43. The molecule has 11 nitrogen and oxygen atoms in total. The molecule has 2 atom stereocenters. The first-order valence-electron chi connectivity index (χ1n) is 13.5. The smallest absolute Gasteiger partial charge is 0.414 e. The van der Waals surface area contributed by atoms with E-state index in [0.717, 1.165) is 16.7 Å². The van der Waals surface area contributed by atoms with Crippen LogP contribution in [0, 0.1) is 5.92 Å². The van der Waals surface area contributed by atoms with Gasteiger partial charge in [0.25, 0.3) is 0 Å². The Labute approximate surface area is 250 Å². The molecule has 11 heteroatoms. The van der Waals surface area contributed by atoms with Crippen molar-refractivity contribution in [2.75, 3.05) is 6.54 Å². The summed E-state index contributed by atoms with van der Waals surface area (Å²) in [5, 5.41) is 7.44. The monoisotopic (exact) mass is 588 g/mol. The number of benzene rings is 3. The van der Waals surface area contributed by atoms with E-state index in [1.807, 2.05) is 91.0 Å². The van der Waals surface area contributed by atoms with Gasteiger partial charge in [-0.1, -0.05) is 98.4 Å². The van der Waals surface area contributed by atoms with Crippen molar-refractivity contribution >= 4 is 30.0 Å². The number of aliphatic imine (C=N–C) groups is 1. The standard InChI is InChI=1S/C31H32N4O7.CH4/c36-27-25(26(33-27)28(37)40-19-22-11-4-1-5-12-22)17-10-18-32-29(34-30(38)41-20-23-13-6-2-7-14-23)35-31(39)42-21-24-15-8-3-9-16-24;/h1-9,11-16,25-26H,10,17-21H2,(H,33,36)(H2,32,34,35,38,39);1H4/t25-,26?;/m1./s1. The van der Waals surface area contributed by atoms with Crippen molar-refractivity contribution in [1.82, 2.24) is 16.0 Å². The normalized spacial score (nSPS) is 14.9. The summed E-state index contributed by atoms with van der Waals surface area (Å²) in [7, 11) is 0. The lowest BCUT2D eigenvalue weighted by molar-refractivity contribution is -0.159. The minimum Gasteiger partial charge on any atom is -0.459 e. The number of carbonyl (C=O) groups is 4. The van der Waals surface area contributed by atoms with E-state index < -0.39 is 30.1 Å². The number of hydrogen-bond acceptors (Lipinski definition) is 8. The zero-order valence-electron chi connectivity index (χ0n) is 22.9. The maximum Gasteiger partial charge on any atom is 0.414 e. The number of nitrogens with zero attached hydrogens (tertiary/aromatic N) is 1. The zero-order chi connectivity index (χ0) is 29.6. The number of hydrogen-bond donors (Lipinski definition) is 3. The van der Waals surface area contributed by atoms with Crippen molar-refractivity contribution < 1.29 is 33.4 Å². The average molecular weight is 589 g/mol. The summed E-state index contributed by atoms with van der Waals surface area (Å²) in [6.45, 7) is 0.307. The number of ether oxygens (including phenoxy) is 3. The third kappa shape index (κ3) is 10.6. The molecule has 1 saturated heterocycles. The largest absolute Gasteiger partial charge is 0.459 e. The van der Waals surface area contributed by atoms with Gasteiger partial charge in [0.05, 0.1) is 5.92 Å². The molecule has 1 aliphatic rings. The van der Waals surface area contributed by atoms with Crippen molar-refractivity contribution in [2.45, 2.75) is 46.1 Å². The molecule has 1 aliphatic heterocycles. The summed E-state index contributed by atoms with van der Waals surface area (Å²) in [5.74, 6) is -1.47. The Bertz CT molecular complexity index is 1310. The van der Waals surface area contributed by atoms with Crippen molar-refractivity contribution in [3.63, 3.8) is 0 Å². The summed E-state index contributed by atoms with van der Waals surface area (Å²) in [4.78, 5) is 53.7. The first-order chi connectivity index (χ1) is 20.5. The molecule has 0 bridgehead atoms. The van der Waals surface area contributed by atoms with Crippen LogP contribution in [0.3, 0.4) is 0 Å². The van der Waals surface area contributed by atoms with E-state index in [-0.39, 0.29) is 45.7 Å². The van der Waals surface area contributed by atoms with Crippen molar-refractivity contribution in [1.29, 1.82) is 0 Å². The van der Waals surface area contributed by atoms with Gasteiger partial charge >= 0.3 is 18.2 Å². The number of amides is 3. The molecule has 3 N–H and O–H groups in total. The second-order valence-corrected chi connectivity index (χ2v) is 9.43. The third-order valence-electron chi connectivity index (χ3n) is 6.32. The van der Waals surface area contributed by atoms with Crippen LogP contribution >= 0.6 is 0 Å². The Balaban J connectivity index is 0.00000506. The van der Waals surface area contributed by atoms with Crippen LogP contribution in [0.15, 0.2) is 96.0 Å². The number of nitrogens with one attached hydrogen (secondary N) is 3. The van der Waals surface area contributed by atoms with Gasteiger partial charge in [-0.15, -0.1) is 0 Å². The van der Waals surface area contributed by atoms with Gasteiger partial charge in [0.1, 0.15) is 25.9 Å². The highest BCUT2D eigenvalue weighted by atomic mass is 16.6. The van der Waals surface area contributed by atoms with E-state index in [1.54, 1.807) is 0 Å². The van der Waals surface area contributed by atoms with E-state index in [9.17, 15) is 19.2 Å². The van der Waals surface area contributed by atoms with Gasteiger partial charge in [-0.3, -0.25) is 20.4 Å². The second kappa shape index (κ2) is 16.9. The van der Waals surface area contributed by atoms with Crippen LogP contribution in [-0.2, 0) is 43.6 Å². The molecule has 3 amide bonds. The first-order valence-corrected chi connectivity index (χ1v) is 13.5. The van der Waals surface area contributed by atoms with Gasteiger partial charge in [0.2, 0.25) is 11.9 Å². The Morgan fingerprint density at radius 2 is 1.14 bits per heavy atom. The molecule has 0 aliphatic carbocycles. The van der Waals surface area contributed by atoms with E-state index in [4.69, 9.17) is 14.2 Å². The van der Waals surface area contributed by atoms with Gasteiger partial charge in [0.15, 0.2) is 0 Å². The molecular formula is C32H36N4O7. The average Bonchev–Trinajstić information content (AvgIpc) is 3.01. The van der Waals surface area contributed by atoms with Crippen LogP contribution in [0.1, 0.15) is 37.0 Å². The van der Waals surface area contributed by atoms with Crippen molar-refractivity contribution in [3.05, 3.63) is 108 Å². The highest BCUT2D eigenvalue weighted by Gasteiger charge is 2.44. The molecular weight excluding hydrogens is 552 g/mol. The number of carbonyl (C=O) groups excluding carboxylic acids is 4. The van der Waals surface area contributed by atoms with Crippen LogP contribution < -0.4 is 16.0 Å². The van der Waals surface area contributed by atoms with Crippen LogP contribution in [0.5, 0.6) is 0 Å². The molecule has 3 aromatic carbocycles. The topological polar surface area (TPSA) is 144 Å². The highest BCUT2D eigenvalue weighted by molar-refractivity contribution is 6.01. The summed E-state index contributed by atoms with van der Waals surface area (Å²) < 4.78 is 15.8. The quantitative estimate of drug-likeness (QED) is 0.0749. The van der Waals surface area contributed by atoms with Crippen molar-refractivity contribution in [3.8, 4) is 0 Å². The highest BCUT2D eigenvalue weighted by Crippen LogP contribution is 2.22. The molecule has 0 saturated carbocycles. The fourth-order valence-corrected chi connectivity index (χ4v) is 4.08. The molecule has 1 heterocycles. The van der Waals surface area contributed by atoms with Gasteiger partial charge in [0, 0.05) is 6.54 Å². The molecule has 4 rings (SSSR count). The maximum absolute atomic E-state index is 12.5. The molecule has 1 unspecified atom stereocenters. The lowest BCUT2D eigenvalue weighted by Crippen LogP contribution is -2.62. The lowest BCUT2D eigenvalue weighted by Gasteiger charge is -2.34. The minimum absolute atomic E-state index is 0. The number of guanidine groups is 1. The van der Waals surface area contributed by atoms with Crippen LogP contribution in [0.4, 0.5) is 9.59 Å². The molecule has 43 heavy (non-hydrogen) atoms. The van der Waals surface area contributed by atoms with Crippen LogP contribution in [-0.4, -0.2) is 42.6 Å². The lowest BCUT2D eigenvalue weighted by atomic mass is 9.86. The summed E-state index contributed by atoms with van der Waals surface area (Å²) >= 11 is 0. The minimum atomic E-state index is -0.819. The Morgan fingerprint density at radius 3 is 1.58 bits per heavy atom. The third-order valence-corrected chi connectivity index (χ3v) is 6.32. The van der Waals surface area contributed by atoms with Gasteiger partial charge < -0.3 is 19.5 Å². The predicted molar refractivity (Wildman–Crippen MR) is 159 cm³/mol. The Kier molecular flexibility index (Phi) is 12.7. The molecule has 0 radical (unpaired) electrons. The number of rotatable bonds is 11. The van der Waals surface area contributed by atoms with E-state index in [2.05, 4.69) is 20.9 Å². The summed E-state index contributed by atoms with van der Waals surface area (Å²) in [6, 6.07) is 26.7.